The van der Waals surface area contributed by atoms with Crippen LogP contribution in [0.25, 0.3) is 0 Å². The molecule has 1 aromatic carbocycles. The highest BCUT2D eigenvalue weighted by atomic mass is 79.9. The van der Waals surface area contributed by atoms with E-state index in [0.29, 0.717) is 10.7 Å². The fraction of sp³-hybridized carbons (Fsp3) is 0.300. The van der Waals surface area contributed by atoms with Crippen LogP contribution >= 0.6 is 40.2 Å². The molecule has 0 fully saturated rings. The molecule has 0 aliphatic heterocycles. The highest BCUT2D eigenvalue weighted by Crippen LogP contribution is 2.29. The molecular weight excluding hydrogens is 298 g/mol. The van der Waals surface area contributed by atoms with E-state index >= 15 is 0 Å². The second-order valence-electron chi connectivity index (χ2n) is 3.25. The minimum Gasteiger partial charge on any atom is -0.324 e. The van der Waals surface area contributed by atoms with Crippen molar-refractivity contribution in [2.24, 2.45) is 0 Å². The Kier molecular flexibility index (Phi) is 4.49. The van der Waals surface area contributed by atoms with Crippen molar-refractivity contribution in [2.75, 3.05) is 5.32 Å². The maximum absolute atomic E-state index is 11.4. The first-order chi connectivity index (χ1) is 6.91. The SMILES string of the molecule is Cc1cc(Br)c(NC(=O)C(C)S)cc1Cl. The summed E-state index contributed by atoms with van der Waals surface area (Å²) in [5.74, 6) is -0.154. The van der Waals surface area contributed by atoms with Crippen LogP contribution in [0.3, 0.4) is 0 Å². The van der Waals surface area contributed by atoms with Gasteiger partial charge in [0.25, 0.3) is 0 Å². The van der Waals surface area contributed by atoms with Crippen LogP contribution < -0.4 is 5.32 Å². The molecule has 0 bridgehead atoms. The van der Waals surface area contributed by atoms with Gasteiger partial charge in [-0.1, -0.05) is 11.6 Å². The molecule has 0 aliphatic carbocycles. The Bertz CT molecular complexity index is 395. The summed E-state index contributed by atoms with van der Waals surface area (Å²) < 4.78 is 0.812. The maximum Gasteiger partial charge on any atom is 0.236 e. The number of hydrogen-bond donors (Lipinski definition) is 2. The Morgan fingerprint density at radius 1 is 1.60 bits per heavy atom. The first-order valence-corrected chi connectivity index (χ1v) is 6.05. The summed E-state index contributed by atoms with van der Waals surface area (Å²) in [7, 11) is 0. The molecule has 1 amide bonds. The third-order valence-electron chi connectivity index (χ3n) is 1.89. The Morgan fingerprint density at radius 2 is 2.20 bits per heavy atom. The topological polar surface area (TPSA) is 29.1 Å². The molecule has 0 radical (unpaired) electrons. The van der Waals surface area contributed by atoms with Crippen molar-refractivity contribution in [1.82, 2.24) is 0 Å². The van der Waals surface area contributed by atoms with Gasteiger partial charge in [0.15, 0.2) is 0 Å². The lowest BCUT2D eigenvalue weighted by atomic mass is 10.2. The molecule has 0 aliphatic rings. The fourth-order valence-corrected chi connectivity index (χ4v) is 1.76. The fourth-order valence-electron chi connectivity index (χ4n) is 0.979. The lowest BCUT2D eigenvalue weighted by Crippen LogP contribution is -2.20. The van der Waals surface area contributed by atoms with E-state index < -0.39 is 0 Å². The van der Waals surface area contributed by atoms with Gasteiger partial charge in [-0.2, -0.15) is 12.6 Å². The van der Waals surface area contributed by atoms with Gasteiger partial charge in [0.2, 0.25) is 5.91 Å². The molecule has 5 heteroatoms. The number of halogens is 2. The van der Waals surface area contributed by atoms with Gasteiger partial charge in [-0.05, 0) is 47.5 Å². The third-order valence-corrected chi connectivity index (χ3v) is 3.18. The summed E-state index contributed by atoms with van der Waals surface area (Å²) >= 11 is 13.4. The summed E-state index contributed by atoms with van der Waals surface area (Å²) in [5, 5.41) is 3.01. The molecule has 0 saturated carbocycles. The number of aryl methyl sites for hydroxylation is 1. The van der Waals surface area contributed by atoms with Crippen molar-refractivity contribution in [3.05, 3.63) is 27.2 Å². The summed E-state index contributed by atoms with van der Waals surface area (Å²) in [6.45, 7) is 3.61. The summed E-state index contributed by atoms with van der Waals surface area (Å²) in [6.07, 6.45) is 0. The van der Waals surface area contributed by atoms with Crippen LogP contribution in [-0.2, 0) is 4.79 Å². The summed E-state index contributed by atoms with van der Waals surface area (Å²) in [4.78, 5) is 11.4. The zero-order chi connectivity index (χ0) is 11.6. The van der Waals surface area contributed by atoms with E-state index in [1.165, 1.54) is 0 Å². The molecule has 1 aromatic rings. The molecule has 82 valence electrons. The van der Waals surface area contributed by atoms with Crippen LogP contribution in [0.1, 0.15) is 12.5 Å². The quantitative estimate of drug-likeness (QED) is 0.802. The standard InChI is InChI=1S/C10H11BrClNOS/c1-5-3-7(11)9(4-8(5)12)13-10(14)6(2)15/h3-4,6,15H,1-2H3,(H,13,14). The molecule has 1 unspecified atom stereocenters. The van der Waals surface area contributed by atoms with E-state index in [-0.39, 0.29) is 11.2 Å². The lowest BCUT2D eigenvalue weighted by molar-refractivity contribution is -0.115. The van der Waals surface area contributed by atoms with Crippen LogP contribution in [0.15, 0.2) is 16.6 Å². The Morgan fingerprint density at radius 3 is 2.73 bits per heavy atom. The van der Waals surface area contributed by atoms with Crippen LogP contribution in [-0.4, -0.2) is 11.2 Å². The first-order valence-electron chi connectivity index (χ1n) is 4.36. The van der Waals surface area contributed by atoms with E-state index in [4.69, 9.17) is 11.6 Å². The van der Waals surface area contributed by atoms with Crippen LogP contribution in [0.4, 0.5) is 5.69 Å². The molecule has 0 heterocycles. The van der Waals surface area contributed by atoms with Gasteiger partial charge in [0, 0.05) is 9.50 Å². The average Bonchev–Trinajstić information content (AvgIpc) is 2.13. The number of rotatable bonds is 2. The predicted octanol–water partition coefficient (Wildman–Crippen LogP) is 3.67. The van der Waals surface area contributed by atoms with E-state index in [2.05, 4.69) is 33.9 Å². The van der Waals surface area contributed by atoms with Gasteiger partial charge in [0.05, 0.1) is 10.9 Å². The molecule has 0 spiro atoms. The zero-order valence-corrected chi connectivity index (χ0v) is 11.6. The van der Waals surface area contributed by atoms with Crippen molar-refractivity contribution in [2.45, 2.75) is 19.1 Å². The minimum absolute atomic E-state index is 0.154. The van der Waals surface area contributed by atoms with Crippen molar-refractivity contribution in [3.8, 4) is 0 Å². The monoisotopic (exact) mass is 307 g/mol. The molecule has 1 rings (SSSR count). The number of amides is 1. The van der Waals surface area contributed by atoms with Gasteiger partial charge in [-0.25, -0.2) is 0 Å². The normalized spacial score (nSPS) is 12.3. The van der Waals surface area contributed by atoms with E-state index in [1.807, 2.05) is 13.0 Å². The third kappa shape index (κ3) is 3.40. The van der Waals surface area contributed by atoms with Crippen molar-refractivity contribution < 1.29 is 4.79 Å². The number of benzene rings is 1. The summed E-state index contributed by atoms with van der Waals surface area (Å²) in [5.41, 5.74) is 1.62. The van der Waals surface area contributed by atoms with Crippen LogP contribution in [0, 0.1) is 6.92 Å². The Hall–Kier alpha value is -0.190. The molecular formula is C10H11BrClNOS. The van der Waals surface area contributed by atoms with E-state index in [0.717, 1.165) is 10.0 Å². The van der Waals surface area contributed by atoms with Crippen molar-refractivity contribution in [3.63, 3.8) is 0 Å². The average molecular weight is 309 g/mol. The van der Waals surface area contributed by atoms with Crippen molar-refractivity contribution in [1.29, 1.82) is 0 Å². The zero-order valence-electron chi connectivity index (χ0n) is 8.34. The number of nitrogens with one attached hydrogen (secondary N) is 1. The Balaban J connectivity index is 2.96. The van der Waals surface area contributed by atoms with Gasteiger partial charge in [0.1, 0.15) is 0 Å². The second-order valence-corrected chi connectivity index (χ2v) is 5.28. The molecule has 0 saturated heterocycles. The molecule has 1 atom stereocenters. The van der Waals surface area contributed by atoms with Crippen LogP contribution in [0.2, 0.25) is 5.02 Å². The van der Waals surface area contributed by atoms with Crippen molar-refractivity contribution >= 4 is 51.8 Å². The number of hydrogen-bond acceptors (Lipinski definition) is 2. The molecule has 0 aromatic heterocycles. The number of carbonyl (C=O) groups is 1. The number of carbonyl (C=O) groups excluding carboxylic acids is 1. The highest BCUT2D eigenvalue weighted by Gasteiger charge is 2.11. The van der Waals surface area contributed by atoms with Gasteiger partial charge in [-0.15, -0.1) is 0 Å². The summed E-state index contributed by atoms with van der Waals surface area (Å²) in [6, 6.07) is 3.58. The number of anilines is 1. The number of thiol groups is 1. The molecule has 15 heavy (non-hydrogen) atoms. The van der Waals surface area contributed by atoms with Crippen LogP contribution in [0.5, 0.6) is 0 Å². The maximum atomic E-state index is 11.4. The van der Waals surface area contributed by atoms with Gasteiger partial charge < -0.3 is 5.32 Å². The molecule has 1 N–H and O–H groups in total. The predicted molar refractivity (Wildman–Crippen MR) is 71.0 cm³/mol. The van der Waals surface area contributed by atoms with E-state index in [9.17, 15) is 4.79 Å². The van der Waals surface area contributed by atoms with Gasteiger partial charge >= 0.3 is 0 Å². The smallest absolute Gasteiger partial charge is 0.236 e. The van der Waals surface area contributed by atoms with E-state index in [1.54, 1.807) is 13.0 Å². The second kappa shape index (κ2) is 5.23. The highest BCUT2D eigenvalue weighted by molar-refractivity contribution is 9.10. The first kappa shape index (κ1) is 12.9. The minimum atomic E-state index is -0.350. The largest absolute Gasteiger partial charge is 0.324 e. The lowest BCUT2D eigenvalue weighted by Gasteiger charge is -2.10. The Labute approximate surface area is 108 Å². The van der Waals surface area contributed by atoms with Gasteiger partial charge in [-0.3, -0.25) is 4.79 Å². The molecule has 2 nitrogen and oxygen atoms in total.